The summed E-state index contributed by atoms with van der Waals surface area (Å²) in [7, 11) is -3.27. The Morgan fingerprint density at radius 2 is 1.74 bits per heavy atom. The minimum absolute atomic E-state index is 0.0285. The molecule has 1 atom stereocenters. The third kappa shape index (κ3) is 7.12. The van der Waals surface area contributed by atoms with Crippen molar-refractivity contribution in [2.24, 2.45) is 5.92 Å². The number of rotatable bonds is 10. The summed E-state index contributed by atoms with van der Waals surface area (Å²) in [5.74, 6) is 0.0476. The average molecular weight is 502 g/mol. The molecule has 0 N–H and O–H groups in total. The second-order valence-corrected chi connectivity index (χ2v) is 9.97. The molecular formula is C24H30F3NO5S. The van der Waals surface area contributed by atoms with Crippen LogP contribution in [0.1, 0.15) is 51.7 Å². The van der Waals surface area contributed by atoms with Gasteiger partial charge in [0, 0.05) is 19.0 Å². The van der Waals surface area contributed by atoms with E-state index < -0.39 is 26.8 Å². The molecule has 6 nitrogen and oxygen atoms in total. The molecule has 10 heteroatoms. The lowest BCUT2D eigenvalue weighted by Gasteiger charge is -2.29. The molecule has 0 unspecified atom stereocenters. The number of hydrogen-bond acceptors (Lipinski definition) is 5. The molecule has 1 amide bonds. The third-order valence-corrected chi connectivity index (χ3v) is 6.49. The molecule has 0 radical (unpaired) electrons. The van der Waals surface area contributed by atoms with Gasteiger partial charge in [-0.1, -0.05) is 32.9 Å². The van der Waals surface area contributed by atoms with Gasteiger partial charge in [0.25, 0.3) is 0 Å². The van der Waals surface area contributed by atoms with Crippen LogP contribution in [-0.2, 0) is 27.6 Å². The number of alkyl halides is 3. The predicted octanol–water partition coefficient (Wildman–Crippen LogP) is 5.65. The van der Waals surface area contributed by atoms with Gasteiger partial charge in [-0.25, -0.2) is 0 Å². The molecular weight excluding hydrogens is 471 g/mol. The lowest BCUT2D eigenvalue weighted by molar-refractivity contribution is -0.138. The normalized spacial score (nSPS) is 13.0. The summed E-state index contributed by atoms with van der Waals surface area (Å²) < 4.78 is 75.0. The Hall–Kier alpha value is -2.75. The third-order valence-electron chi connectivity index (χ3n) is 5.26. The fourth-order valence-electron chi connectivity index (χ4n) is 3.25. The van der Waals surface area contributed by atoms with E-state index in [-0.39, 0.29) is 35.9 Å². The van der Waals surface area contributed by atoms with E-state index in [4.69, 9.17) is 8.92 Å². The maximum atomic E-state index is 13.0. The van der Waals surface area contributed by atoms with Crippen molar-refractivity contribution < 1.29 is 35.3 Å². The van der Waals surface area contributed by atoms with Crippen molar-refractivity contribution in [1.29, 1.82) is 0 Å². The first kappa shape index (κ1) is 27.5. The van der Waals surface area contributed by atoms with Crippen LogP contribution < -0.4 is 8.92 Å². The molecule has 34 heavy (non-hydrogen) atoms. The van der Waals surface area contributed by atoms with E-state index in [0.29, 0.717) is 18.1 Å². The van der Waals surface area contributed by atoms with E-state index in [1.807, 2.05) is 27.7 Å². The molecule has 0 saturated heterocycles. The Balaban J connectivity index is 2.39. The number of carbonyl (C=O) groups is 1. The van der Waals surface area contributed by atoms with Crippen molar-refractivity contribution in [3.8, 4) is 11.5 Å². The number of hydrogen-bond donors (Lipinski definition) is 0. The molecule has 0 saturated carbocycles. The first-order chi connectivity index (χ1) is 15.8. The standard InChI is InChI=1S/C24H30F3NO5S/c1-6-17(4)28(23(29)12-16(2)3)15-18-10-11-21(32-5)22(13-18)33-34(30,31)20-9-7-8-19(14-20)24(25,26)27/h7-11,13-14,16-17H,6,12,15H2,1-5H3/t17-/m0/s1. The maximum absolute atomic E-state index is 13.0. The second-order valence-electron chi connectivity index (χ2n) is 8.43. The smallest absolute Gasteiger partial charge is 0.416 e. The summed E-state index contributed by atoms with van der Waals surface area (Å²) in [4.78, 5) is 13.9. The number of amides is 1. The minimum Gasteiger partial charge on any atom is -0.493 e. The number of nitrogens with zero attached hydrogens (tertiary/aromatic N) is 1. The van der Waals surface area contributed by atoms with E-state index in [1.54, 1.807) is 11.0 Å². The predicted molar refractivity (Wildman–Crippen MR) is 122 cm³/mol. The van der Waals surface area contributed by atoms with E-state index in [1.165, 1.54) is 19.2 Å². The molecule has 0 bridgehead atoms. The molecule has 0 spiro atoms. The maximum Gasteiger partial charge on any atom is 0.416 e. The molecule has 0 heterocycles. The average Bonchev–Trinajstić information content (AvgIpc) is 2.76. The SMILES string of the molecule is CC[C@H](C)N(Cc1ccc(OC)c(OS(=O)(=O)c2cccc(C(F)(F)F)c2)c1)C(=O)CC(C)C. The van der Waals surface area contributed by atoms with Crippen molar-refractivity contribution in [1.82, 2.24) is 4.90 Å². The van der Waals surface area contributed by atoms with Gasteiger partial charge in [-0.2, -0.15) is 21.6 Å². The fourth-order valence-corrected chi connectivity index (χ4v) is 4.23. The lowest BCUT2D eigenvalue weighted by Crippen LogP contribution is -2.38. The van der Waals surface area contributed by atoms with Crippen LogP contribution in [0.4, 0.5) is 13.2 Å². The number of carbonyl (C=O) groups excluding carboxylic acids is 1. The van der Waals surface area contributed by atoms with Gasteiger partial charge >= 0.3 is 16.3 Å². The van der Waals surface area contributed by atoms with Gasteiger partial charge in [0.15, 0.2) is 11.5 Å². The monoisotopic (exact) mass is 501 g/mol. The molecule has 2 aromatic carbocycles. The topological polar surface area (TPSA) is 72.9 Å². The summed E-state index contributed by atoms with van der Waals surface area (Å²) in [5, 5.41) is 0. The van der Waals surface area contributed by atoms with E-state index in [9.17, 15) is 26.4 Å². The van der Waals surface area contributed by atoms with Crippen LogP contribution in [0.5, 0.6) is 11.5 Å². The van der Waals surface area contributed by atoms with Gasteiger partial charge in [-0.05, 0) is 55.2 Å². The van der Waals surface area contributed by atoms with Gasteiger partial charge in [0.2, 0.25) is 5.91 Å². The molecule has 188 valence electrons. The number of halogens is 3. The highest BCUT2D eigenvalue weighted by molar-refractivity contribution is 7.87. The largest absolute Gasteiger partial charge is 0.493 e. The van der Waals surface area contributed by atoms with Crippen LogP contribution in [0.3, 0.4) is 0 Å². The number of ether oxygens (including phenoxy) is 1. The summed E-state index contributed by atoms with van der Waals surface area (Å²) in [6.07, 6.45) is -3.61. The van der Waals surface area contributed by atoms with E-state index in [2.05, 4.69) is 0 Å². The van der Waals surface area contributed by atoms with Crippen LogP contribution in [0.15, 0.2) is 47.4 Å². The van der Waals surface area contributed by atoms with Crippen molar-refractivity contribution in [3.63, 3.8) is 0 Å². The highest BCUT2D eigenvalue weighted by atomic mass is 32.2. The Labute approximate surface area is 198 Å². The summed E-state index contributed by atoms with van der Waals surface area (Å²) in [6.45, 7) is 8.00. The Kier molecular flexibility index (Phi) is 8.99. The quantitative estimate of drug-likeness (QED) is 0.393. The highest BCUT2D eigenvalue weighted by Crippen LogP contribution is 2.34. The highest BCUT2D eigenvalue weighted by Gasteiger charge is 2.32. The Morgan fingerprint density at radius 3 is 2.29 bits per heavy atom. The van der Waals surface area contributed by atoms with E-state index in [0.717, 1.165) is 24.6 Å². The zero-order valence-electron chi connectivity index (χ0n) is 19.8. The summed E-state index contributed by atoms with van der Waals surface area (Å²) in [5.41, 5.74) is -0.516. The molecule has 0 aliphatic rings. The first-order valence-electron chi connectivity index (χ1n) is 10.9. The number of benzene rings is 2. The molecule has 2 aromatic rings. The van der Waals surface area contributed by atoms with Crippen LogP contribution in [0.2, 0.25) is 0 Å². The van der Waals surface area contributed by atoms with Crippen molar-refractivity contribution in [2.45, 2.75) is 64.2 Å². The molecule has 0 aliphatic heterocycles. The van der Waals surface area contributed by atoms with Gasteiger partial charge in [-0.15, -0.1) is 0 Å². The van der Waals surface area contributed by atoms with Crippen LogP contribution in [-0.4, -0.2) is 32.4 Å². The summed E-state index contributed by atoms with van der Waals surface area (Å²) in [6, 6.07) is 7.86. The summed E-state index contributed by atoms with van der Waals surface area (Å²) >= 11 is 0. The van der Waals surface area contributed by atoms with Crippen molar-refractivity contribution >= 4 is 16.0 Å². The molecule has 2 rings (SSSR count). The van der Waals surface area contributed by atoms with Crippen LogP contribution in [0.25, 0.3) is 0 Å². The van der Waals surface area contributed by atoms with Gasteiger partial charge in [0.05, 0.1) is 12.7 Å². The van der Waals surface area contributed by atoms with Crippen LogP contribution >= 0.6 is 0 Å². The van der Waals surface area contributed by atoms with Gasteiger partial charge in [-0.3, -0.25) is 4.79 Å². The lowest BCUT2D eigenvalue weighted by atomic mass is 10.1. The van der Waals surface area contributed by atoms with Crippen LogP contribution in [0, 0.1) is 5.92 Å². The van der Waals surface area contributed by atoms with E-state index >= 15 is 0 Å². The first-order valence-corrected chi connectivity index (χ1v) is 12.3. The zero-order valence-corrected chi connectivity index (χ0v) is 20.7. The minimum atomic E-state index is -4.70. The van der Waals surface area contributed by atoms with Gasteiger partial charge < -0.3 is 13.8 Å². The van der Waals surface area contributed by atoms with Gasteiger partial charge in [0.1, 0.15) is 4.90 Å². The van der Waals surface area contributed by atoms with Crippen molar-refractivity contribution in [3.05, 3.63) is 53.6 Å². The molecule has 0 fully saturated rings. The fraction of sp³-hybridized carbons (Fsp3) is 0.458. The Bertz CT molecular complexity index is 1100. The molecule has 0 aromatic heterocycles. The second kappa shape index (κ2) is 11.1. The zero-order chi connectivity index (χ0) is 25.7. The Morgan fingerprint density at radius 1 is 1.06 bits per heavy atom. The number of methoxy groups -OCH3 is 1. The van der Waals surface area contributed by atoms with Crippen molar-refractivity contribution in [2.75, 3.05) is 7.11 Å². The molecule has 0 aliphatic carbocycles.